The summed E-state index contributed by atoms with van der Waals surface area (Å²) in [4.78, 5) is 0.0304. The molecule has 18 heavy (non-hydrogen) atoms. The van der Waals surface area contributed by atoms with Gasteiger partial charge in [0, 0.05) is 12.6 Å². The number of ether oxygens (including phenoxy) is 1. The topological polar surface area (TPSA) is 107 Å². The molecule has 7 heteroatoms. The second kappa shape index (κ2) is 6.03. The Morgan fingerprint density at radius 1 is 1.44 bits per heavy atom. The number of sulfonamides is 1. The van der Waals surface area contributed by atoms with Crippen molar-refractivity contribution in [3.63, 3.8) is 0 Å². The highest BCUT2D eigenvalue weighted by atomic mass is 32.2. The lowest BCUT2D eigenvalue weighted by Crippen LogP contribution is -2.22. The first-order valence-corrected chi connectivity index (χ1v) is 7.15. The molecule has 6 nitrogen and oxygen atoms in total. The van der Waals surface area contributed by atoms with Crippen LogP contribution in [0.1, 0.15) is 13.8 Å². The molecule has 0 spiro atoms. The van der Waals surface area contributed by atoms with Crippen LogP contribution in [0.15, 0.2) is 23.1 Å². The first kappa shape index (κ1) is 14.7. The predicted molar refractivity (Wildman–Crippen MR) is 71.8 cm³/mol. The van der Waals surface area contributed by atoms with Gasteiger partial charge in [0.25, 0.3) is 0 Å². The van der Waals surface area contributed by atoms with E-state index in [4.69, 9.17) is 15.6 Å². The van der Waals surface area contributed by atoms with Gasteiger partial charge in [-0.2, -0.15) is 0 Å². The highest BCUT2D eigenvalue weighted by molar-refractivity contribution is 7.89. The number of hydrogen-bond acceptors (Lipinski definition) is 5. The van der Waals surface area contributed by atoms with Crippen LogP contribution in [0.5, 0.6) is 0 Å². The van der Waals surface area contributed by atoms with Gasteiger partial charge in [-0.05, 0) is 32.0 Å². The Morgan fingerprint density at radius 3 is 2.67 bits per heavy atom. The molecule has 1 aromatic carbocycles. The van der Waals surface area contributed by atoms with E-state index in [1.165, 1.54) is 18.2 Å². The number of nitrogens with two attached hydrogens (primary N) is 2. The molecule has 0 aromatic heterocycles. The summed E-state index contributed by atoms with van der Waals surface area (Å²) >= 11 is 0. The van der Waals surface area contributed by atoms with Gasteiger partial charge >= 0.3 is 0 Å². The van der Waals surface area contributed by atoms with E-state index in [-0.39, 0.29) is 10.9 Å². The lowest BCUT2D eigenvalue weighted by molar-refractivity contribution is 0.141. The lowest BCUT2D eigenvalue weighted by atomic mass is 10.2. The lowest BCUT2D eigenvalue weighted by Gasteiger charge is -2.17. The Balaban J connectivity index is 2.88. The van der Waals surface area contributed by atoms with Crippen LogP contribution < -0.4 is 16.2 Å². The van der Waals surface area contributed by atoms with Crippen LogP contribution in [-0.2, 0) is 14.8 Å². The van der Waals surface area contributed by atoms with E-state index in [2.05, 4.69) is 5.32 Å². The first-order chi connectivity index (χ1) is 8.34. The average Bonchev–Trinajstić information content (AvgIpc) is 2.28. The number of nitrogens with one attached hydrogen (secondary N) is 1. The minimum atomic E-state index is -3.72. The third-order valence-corrected chi connectivity index (χ3v) is 3.24. The van der Waals surface area contributed by atoms with Crippen molar-refractivity contribution in [1.82, 2.24) is 0 Å². The van der Waals surface area contributed by atoms with Crippen LogP contribution in [0.4, 0.5) is 11.4 Å². The molecule has 0 saturated heterocycles. The van der Waals surface area contributed by atoms with Crippen LogP contribution in [0, 0.1) is 0 Å². The SMILES string of the molecule is CCOCC(C)Nc1cc(S(N)(=O)=O)ccc1N. The second-order valence-electron chi connectivity index (χ2n) is 4.00. The third-order valence-electron chi connectivity index (χ3n) is 2.33. The van der Waals surface area contributed by atoms with Crippen molar-refractivity contribution in [2.24, 2.45) is 5.14 Å². The zero-order valence-electron chi connectivity index (χ0n) is 10.5. The number of anilines is 2. The van der Waals surface area contributed by atoms with Crippen LogP contribution >= 0.6 is 0 Å². The van der Waals surface area contributed by atoms with E-state index >= 15 is 0 Å². The van der Waals surface area contributed by atoms with Gasteiger partial charge in [-0.15, -0.1) is 0 Å². The Labute approximate surface area is 107 Å². The van der Waals surface area contributed by atoms with Crippen molar-refractivity contribution < 1.29 is 13.2 Å². The number of benzene rings is 1. The van der Waals surface area contributed by atoms with Crippen molar-refractivity contribution in [2.45, 2.75) is 24.8 Å². The quantitative estimate of drug-likeness (QED) is 0.663. The predicted octanol–water partition coefficient (Wildman–Crippen LogP) is 0.753. The summed E-state index contributed by atoms with van der Waals surface area (Å²) < 4.78 is 27.7. The molecule has 0 radical (unpaired) electrons. The minimum absolute atomic E-state index is 0.0166. The second-order valence-corrected chi connectivity index (χ2v) is 5.56. The molecule has 1 atom stereocenters. The fourth-order valence-electron chi connectivity index (χ4n) is 1.44. The molecule has 5 N–H and O–H groups in total. The average molecular weight is 273 g/mol. The Hall–Kier alpha value is -1.31. The van der Waals surface area contributed by atoms with Crippen LogP contribution in [0.25, 0.3) is 0 Å². The van der Waals surface area contributed by atoms with Crippen LogP contribution in [0.3, 0.4) is 0 Å². The van der Waals surface area contributed by atoms with Crippen LogP contribution in [-0.4, -0.2) is 27.7 Å². The monoisotopic (exact) mass is 273 g/mol. The van der Waals surface area contributed by atoms with Crippen molar-refractivity contribution in [3.05, 3.63) is 18.2 Å². The Morgan fingerprint density at radius 2 is 2.11 bits per heavy atom. The zero-order valence-corrected chi connectivity index (χ0v) is 11.3. The summed E-state index contributed by atoms with van der Waals surface area (Å²) in [7, 11) is -3.72. The molecular weight excluding hydrogens is 254 g/mol. The maximum absolute atomic E-state index is 11.2. The molecule has 0 aliphatic rings. The van der Waals surface area contributed by atoms with Gasteiger partial charge in [-0.25, -0.2) is 13.6 Å². The van der Waals surface area contributed by atoms with Gasteiger partial charge < -0.3 is 15.8 Å². The molecule has 0 aliphatic heterocycles. The van der Waals surface area contributed by atoms with E-state index in [0.717, 1.165) is 0 Å². The third kappa shape index (κ3) is 4.17. The van der Waals surface area contributed by atoms with Crippen molar-refractivity contribution >= 4 is 21.4 Å². The molecular formula is C11H19N3O3S. The van der Waals surface area contributed by atoms with Crippen molar-refractivity contribution in [2.75, 3.05) is 24.3 Å². The largest absolute Gasteiger partial charge is 0.397 e. The number of rotatable bonds is 6. The molecule has 1 aromatic rings. The van der Waals surface area contributed by atoms with Gasteiger partial charge in [-0.1, -0.05) is 0 Å². The number of nitrogen functional groups attached to an aromatic ring is 1. The fraction of sp³-hybridized carbons (Fsp3) is 0.455. The molecule has 0 fully saturated rings. The number of hydrogen-bond donors (Lipinski definition) is 3. The molecule has 0 saturated carbocycles. The molecule has 1 rings (SSSR count). The summed E-state index contributed by atoms with van der Waals surface area (Å²) in [6.45, 7) is 4.95. The number of primary sulfonamides is 1. The van der Waals surface area contributed by atoms with Crippen molar-refractivity contribution in [3.8, 4) is 0 Å². The van der Waals surface area contributed by atoms with Crippen LogP contribution in [0.2, 0.25) is 0 Å². The summed E-state index contributed by atoms with van der Waals surface area (Å²) in [5, 5.41) is 8.15. The fourth-order valence-corrected chi connectivity index (χ4v) is 1.98. The Bertz CT molecular complexity index is 502. The maximum Gasteiger partial charge on any atom is 0.238 e. The van der Waals surface area contributed by atoms with Crippen molar-refractivity contribution in [1.29, 1.82) is 0 Å². The first-order valence-electron chi connectivity index (χ1n) is 5.61. The van der Waals surface area contributed by atoms with Gasteiger partial charge in [0.1, 0.15) is 0 Å². The van der Waals surface area contributed by atoms with E-state index in [9.17, 15) is 8.42 Å². The molecule has 0 amide bonds. The van der Waals surface area contributed by atoms with Gasteiger partial charge in [0.05, 0.1) is 22.9 Å². The summed E-state index contributed by atoms with van der Waals surface area (Å²) in [6.07, 6.45) is 0. The summed E-state index contributed by atoms with van der Waals surface area (Å²) in [5.74, 6) is 0. The van der Waals surface area contributed by atoms with Gasteiger partial charge in [-0.3, -0.25) is 0 Å². The molecule has 0 aliphatic carbocycles. The standard InChI is InChI=1S/C11H19N3O3S/c1-3-17-7-8(2)14-11-6-9(18(13,15)16)4-5-10(11)12/h4-6,8,14H,3,7,12H2,1-2H3,(H2,13,15,16). The molecule has 0 heterocycles. The smallest absolute Gasteiger partial charge is 0.238 e. The van der Waals surface area contributed by atoms with Gasteiger partial charge in [0.2, 0.25) is 10.0 Å². The van der Waals surface area contributed by atoms with Gasteiger partial charge in [0.15, 0.2) is 0 Å². The molecule has 1 unspecified atom stereocenters. The molecule has 102 valence electrons. The highest BCUT2D eigenvalue weighted by Crippen LogP contribution is 2.22. The normalized spacial score (nSPS) is 13.3. The van der Waals surface area contributed by atoms with E-state index in [1.807, 2.05) is 13.8 Å². The molecule has 0 bridgehead atoms. The van der Waals surface area contributed by atoms with E-state index < -0.39 is 10.0 Å². The highest BCUT2D eigenvalue weighted by Gasteiger charge is 2.11. The van der Waals surface area contributed by atoms with E-state index in [0.29, 0.717) is 24.6 Å². The maximum atomic E-state index is 11.2. The van der Waals surface area contributed by atoms with E-state index in [1.54, 1.807) is 0 Å². The zero-order chi connectivity index (χ0) is 13.8. The summed E-state index contributed by atoms with van der Waals surface area (Å²) in [6, 6.07) is 4.33. The Kier molecular flexibility index (Phi) is 4.94. The minimum Gasteiger partial charge on any atom is -0.397 e. The summed E-state index contributed by atoms with van der Waals surface area (Å²) in [5.41, 5.74) is 6.77.